The van der Waals surface area contributed by atoms with E-state index < -0.39 is 10.3 Å². The van der Waals surface area contributed by atoms with Gasteiger partial charge in [-0.1, -0.05) is 60.2 Å². The van der Waals surface area contributed by atoms with E-state index in [-0.39, 0.29) is 12.4 Å². The number of hydrogen-bond donors (Lipinski definition) is 0. The molecule has 0 aliphatic heterocycles. The summed E-state index contributed by atoms with van der Waals surface area (Å²) in [5, 5.41) is 0. The first kappa shape index (κ1) is 22.4. The van der Waals surface area contributed by atoms with Gasteiger partial charge in [0.1, 0.15) is 11.0 Å². The van der Waals surface area contributed by atoms with Crippen molar-refractivity contribution < 1.29 is 8.76 Å². The quantitative estimate of drug-likeness (QED) is 0.146. The lowest BCUT2D eigenvalue weighted by atomic mass is 10.2. The van der Waals surface area contributed by atoms with E-state index in [1.54, 1.807) is 11.3 Å². The first-order valence-corrected chi connectivity index (χ1v) is 10.1. The average Bonchev–Trinajstić information content (AvgIpc) is 2.61. The average molecular weight is 426 g/mol. The summed E-state index contributed by atoms with van der Waals surface area (Å²) >= 11 is 1.79. The smallest absolute Gasteiger partial charge is 0.257 e. The predicted octanol–water partition coefficient (Wildman–Crippen LogP) is 6.17. The lowest BCUT2D eigenvalue weighted by Gasteiger charge is -1.89. The number of halogens is 2. The van der Waals surface area contributed by atoms with E-state index in [1.807, 2.05) is 30.3 Å². The van der Waals surface area contributed by atoms with E-state index in [1.165, 1.54) is 15.0 Å². The van der Waals surface area contributed by atoms with Gasteiger partial charge in [0.15, 0.2) is 0 Å². The first-order valence-electron chi connectivity index (χ1n) is 7.41. The molecule has 0 amide bonds. The second-order valence-corrected chi connectivity index (χ2v) is 7.23. The predicted molar refractivity (Wildman–Crippen MR) is 115 cm³/mol. The van der Waals surface area contributed by atoms with Gasteiger partial charge in [-0.15, -0.1) is 12.4 Å². The Morgan fingerprint density at radius 1 is 0.846 bits per heavy atom. The van der Waals surface area contributed by atoms with E-state index in [0.717, 1.165) is 11.0 Å². The van der Waals surface area contributed by atoms with Crippen LogP contribution in [-0.2, 0) is 10.3 Å². The normalized spacial score (nSPS) is 10.6. The van der Waals surface area contributed by atoms with Crippen LogP contribution in [0.3, 0.4) is 0 Å². The van der Waals surface area contributed by atoms with E-state index in [2.05, 4.69) is 71.1 Å². The SMILES string of the molecule is Cc1ccccc1.Cl.O=S([O-])Cl.c1ccc2[s+]c3ccccc3nc2c1. The van der Waals surface area contributed by atoms with Crippen LogP contribution in [0.1, 0.15) is 5.56 Å². The molecule has 1 atom stereocenters. The number of aromatic nitrogens is 1. The summed E-state index contributed by atoms with van der Waals surface area (Å²) in [4.78, 5) is 4.59. The number of benzene rings is 3. The minimum Gasteiger partial charge on any atom is -0.760 e. The minimum absolute atomic E-state index is 0. The van der Waals surface area contributed by atoms with E-state index in [0.29, 0.717) is 0 Å². The summed E-state index contributed by atoms with van der Waals surface area (Å²) in [6.45, 7) is 2.08. The highest BCUT2D eigenvalue weighted by atomic mass is 35.7. The number of para-hydroxylation sites is 2. The highest BCUT2D eigenvalue weighted by Gasteiger charge is 2.09. The van der Waals surface area contributed by atoms with Crippen molar-refractivity contribution in [2.75, 3.05) is 0 Å². The Morgan fingerprint density at radius 2 is 1.23 bits per heavy atom. The molecule has 0 saturated heterocycles. The maximum atomic E-state index is 8.77. The molecule has 0 fully saturated rings. The molecule has 7 heteroatoms. The topological polar surface area (TPSA) is 53.0 Å². The van der Waals surface area contributed by atoms with Gasteiger partial charge in [0.25, 0.3) is 9.40 Å². The Kier molecular flexibility index (Phi) is 10.2. The summed E-state index contributed by atoms with van der Waals surface area (Å²) in [5.41, 5.74) is 3.48. The molecule has 26 heavy (non-hydrogen) atoms. The van der Waals surface area contributed by atoms with Crippen molar-refractivity contribution in [1.82, 2.24) is 4.98 Å². The zero-order valence-corrected chi connectivity index (χ0v) is 17.1. The molecule has 0 spiro atoms. The second-order valence-electron chi connectivity index (χ2n) is 5.00. The minimum atomic E-state index is -2.39. The van der Waals surface area contributed by atoms with Gasteiger partial charge >= 0.3 is 0 Å². The molecule has 0 radical (unpaired) electrons. The fourth-order valence-corrected chi connectivity index (χ4v) is 3.02. The number of nitrogens with zero attached hydrogens (tertiary/aromatic N) is 1. The van der Waals surface area contributed by atoms with Crippen LogP contribution in [-0.4, -0.2) is 13.7 Å². The van der Waals surface area contributed by atoms with E-state index in [9.17, 15) is 0 Å². The van der Waals surface area contributed by atoms with E-state index >= 15 is 0 Å². The molecule has 4 rings (SSSR count). The van der Waals surface area contributed by atoms with Crippen molar-refractivity contribution >= 4 is 65.2 Å². The zero-order valence-electron chi connectivity index (χ0n) is 13.9. The molecular weight excluding hydrogens is 409 g/mol. The lowest BCUT2D eigenvalue weighted by molar-refractivity contribution is 0.552. The second kappa shape index (κ2) is 11.9. The van der Waals surface area contributed by atoms with Crippen molar-refractivity contribution in [1.29, 1.82) is 0 Å². The van der Waals surface area contributed by atoms with Crippen LogP contribution < -0.4 is 0 Å². The summed E-state index contributed by atoms with van der Waals surface area (Å²) < 4.78 is 20.0. The van der Waals surface area contributed by atoms with Crippen LogP contribution in [0.4, 0.5) is 0 Å². The van der Waals surface area contributed by atoms with Gasteiger partial charge in [0.05, 0.1) is 0 Å². The van der Waals surface area contributed by atoms with Gasteiger partial charge in [0, 0.05) is 22.4 Å². The molecule has 0 aliphatic carbocycles. The Labute approximate surface area is 169 Å². The molecule has 136 valence electrons. The van der Waals surface area contributed by atoms with Gasteiger partial charge in [-0.25, -0.2) is 4.98 Å². The van der Waals surface area contributed by atoms with Crippen LogP contribution in [0.5, 0.6) is 0 Å². The molecule has 0 aliphatic rings. The molecule has 1 unspecified atom stereocenters. The van der Waals surface area contributed by atoms with Crippen molar-refractivity contribution in [2.45, 2.75) is 6.92 Å². The zero-order chi connectivity index (χ0) is 18.1. The lowest BCUT2D eigenvalue weighted by Crippen LogP contribution is -1.77. The number of aryl methyl sites for hydroxylation is 1. The van der Waals surface area contributed by atoms with Crippen LogP contribution in [0.2, 0.25) is 0 Å². The molecule has 4 aromatic rings. The third-order valence-corrected chi connectivity index (χ3v) is 4.26. The van der Waals surface area contributed by atoms with Gasteiger partial charge in [-0.05, 0) is 29.7 Å². The fourth-order valence-electron chi connectivity index (χ4n) is 2.05. The van der Waals surface area contributed by atoms with Gasteiger partial charge in [0.2, 0.25) is 11.3 Å². The maximum absolute atomic E-state index is 8.77. The maximum Gasteiger partial charge on any atom is 0.257 e. The molecule has 3 aromatic carbocycles. The van der Waals surface area contributed by atoms with Crippen molar-refractivity contribution in [3.8, 4) is 0 Å². The van der Waals surface area contributed by atoms with Gasteiger partial charge in [-0.3, -0.25) is 4.21 Å². The van der Waals surface area contributed by atoms with Crippen molar-refractivity contribution in [2.24, 2.45) is 0 Å². The highest BCUT2D eigenvalue weighted by molar-refractivity contribution is 8.03. The molecule has 0 bridgehead atoms. The van der Waals surface area contributed by atoms with Crippen LogP contribution in [0, 0.1) is 6.92 Å². The molecule has 3 nitrogen and oxygen atoms in total. The Morgan fingerprint density at radius 3 is 1.62 bits per heavy atom. The monoisotopic (exact) mass is 425 g/mol. The third-order valence-electron chi connectivity index (χ3n) is 3.13. The molecule has 1 aromatic heterocycles. The van der Waals surface area contributed by atoms with E-state index in [4.69, 9.17) is 8.76 Å². The van der Waals surface area contributed by atoms with Crippen molar-refractivity contribution in [3.63, 3.8) is 0 Å². The summed E-state index contributed by atoms with van der Waals surface area (Å²) in [7, 11) is 1.80. The van der Waals surface area contributed by atoms with Crippen LogP contribution in [0.25, 0.3) is 20.4 Å². The van der Waals surface area contributed by atoms with Gasteiger partial charge in [-0.2, -0.15) is 0 Å². The third kappa shape index (κ3) is 7.72. The van der Waals surface area contributed by atoms with Crippen LogP contribution >= 0.6 is 34.4 Å². The largest absolute Gasteiger partial charge is 0.760 e. The summed E-state index contributed by atoms with van der Waals surface area (Å²) in [6, 6.07) is 26.7. The fraction of sp³-hybridized carbons (Fsp3) is 0.0526. The first-order chi connectivity index (χ1) is 12.1. The number of hydrogen-bond acceptors (Lipinski definition) is 3. The highest BCUT2D eigenvalue weighted by Crippen LogP contribution is 2.24. The Bertz CT molecular complexity index is 860. The Hall–Kier alpha value is -1.63. The van der Waals surface area contributed by atoms with Crippen LogP contribution in [0.15, 0.2) is 78.9 Å². The summed E-state index contributed by atoms with van der Waals surface area (Å²) in [5.74, 6) is 0. The standard InChI is InChI=1S/C12H8NS.C7H8.ClHO2S.ClH/c1-3-7-11-9(5-1)13-10-6-2-4-8-12(10)14-11;1-7-5-3-2-4-6-7;1-4(2)3;/h1-8H;2-6H,1H3;(H,2,3);1H/q+1;;;/p-1. The summed E-state index contributed by atoms with van der Waals surface area (Å²) in [6.07, 6.45) is 0. The molecule has 0 N–H and O–H groups in total. The number of fused-ring (bicyclic) bond motifs is 2. The number of rotatable bonds is 0. The van der Waals surface area contributed by atoms with Gasteiger partial charge < -0.3 is 4.55 Å². The van der Waals surface area contributed by atoms with Crippen molar-refractivity contribution in [3.05, 3.63) is 84.4 Å². The molecular formula is C19H17Cl2NO2S2. The molecule has 1 heterocycles. The Balaban J connectivity index is 0.000000239. The molecule has 0 saturated carbocycles.